The molecule has 0 spiro atoms. The molecule has 1 unspecified atom stereocenters. The van der Waals surface area contributed by atoms with Gasteiger partial charge in [0, 0.05) is 5.41 Å². The first-order valence-corrected chi connectivity index (χ1v) is 7.50. The summed E-state index contributed by atoms with van der Waals surface area (Å²) in [6.45, 7) is 4.03. The molecule has 0 amide bonds. The van der Waals surface area contributed by atoms with E-state index < -0.39 is 20.9 Å². The van der Waals surface area contributed by atoms with Gasteiger partial charge in [0.2, 0.25) is 0 Å². The van der Waals surface area contributed by atoms with E-state index >= 15 is 0 Å². The molecule has 0 radical (unpaired) electrons. The summed E-state index contributed by atoms with van der Waals surface area (Å²) in [7, 11) is -3.12. The van der Waals surface area contributed by atoms with E-state index in [1.165, 1.54) is 0 Å². The average molecular weight is 248 g/mol. The summed E-state index contributed by atoms with van der Waals surface area (Å²) < 4.78 is 22.9. The monoisotopic (exact) mass is 248 g/mol. The van der Waals surface area contributed by atoms with Crippen LogP contribution >= 0.6 is 0 Å². The molecule has 2 rings (SSSR count). The molecule has 1 heterocycles. The first kappa shape index (κ1) is 12.3. The van der Waals surface area contributed by atoms with Crippen molar-refractivity contribution in [3.05, 3.63) is 0 Å². The number of hydrogen-bond acceptors (Lipinski definition) is 4. The van der Waals surface area contributed by atoms with Crippen LogP contribution in [-0.4, -0.2) is 42.3 Å². The molecule has 0 aromatic carbocycles. The second-order valence-corrected chi connectivity index (χ2v) is 8.51. The summed E-state index contributed by atoms with van der Waals surface area (Å²) >= 11 is 0. The van der Waals surface area contributed by atoms with E-state index in [0.717, 1.165) is 0 Å². The van der Waals surface area contributed by atoms with Crippen LogP contribution in [0.4, 0.5) is 0 Å². The van der Waals surface area contributed by atoms with Crippen molar-refractivity contribution in [3.63, 3.8) is 0 Å². The van der Waals surface area contributed by atoms with Crippen molar-refractivity contribution in [1.82, 2.24) is 0 Å². The third-order valence-corrected chi connectivity index (χ3v) is 5.95. The van der Waals surface area contributed by atoms with Crippen LogP contribution < -0.4 is 0 Å². The lowest BCUT2D eigenvalue weighted by Crippen LogP contribution is -2.61. The molecule has 2 N–H and O–H groups in total. The maximum absolute atomic E-state index is 11.5. The predicted octanol–water partition coefficient (Wildman–Crippen LogP) is 0.335. The molecule has 2 fully saturated rings. The molecule has 1 aliphatic carbocycles. The third kappa shape index (κ3) is 1.69. The minimum atomic E-state index is -3.12. The number of aliphatic hydroxyl groups excluding tert-OH is 1. The van der Waals surface area contributed by atoms with Gasteiger partial charge in [-0.25, -0.2) is 8.42 Å². The van der Waals surface area contributed by atoms with Crippen LogP contribution in [0.15, 0.2) is 0 Å². The first-order chi connectivity index (χ1) is 7.14. The van der Waals surface area contributed by atoms with E-state index in [0.29, 0.717) is 12.8 Å². The second-order valence-electron chi connectivity index (χ2n) is 6.33. The molecule has 5 heteroatoms. The normalized spacial score (nSPS) is 39.2. The summed E-state index contributed by atoms with van der Waals surface area (Å²) in [5.41, 5.74) is -1.71. The van der Waals surface area contributed by atoms with Gasteiger partial charge in [-0.3, -0.25) is 0 Å². The maximum atomic E-state index is 11.5. The van der Waals surface area contributed by atoms with Gasteiger partial charge in [0.05, 0.1) is 23.7 Å². The van der Waals surface area contributed by atoms with Crippen LogP contribution in [-0.2, 0) is 9.84 Å². The van der Waals surface area contributed by atoms with E-state index in [-0.39, 0.29) is 29.9 Å². The molecular formula is C11H20O4S. The Bertz CT molecular complexity index is 390. The van der Waals surface area contributed by atoms with Crippen LogP contribution in [0.5, 0.6) is 0 Å². The number of sulfone groups is 1. The summed E-state index contributed by atoms with van der Waals surface area (Å²) in [5, 5.41) is 20.0. The molecule has 0 aromatic rings. The number of hydrogen-bond donors (Lipinski definition) is 2. The van der Waals surface area contributed by atoms with Gasteiger partial charge in [0.15, 0.2) is 9.84 Å². The second kappa shape index (κ2) is 3.21. The highest BCUT2D eigenvalue weighted by molar-refractivity contribution is 7.91. The quantitative estimate of drug-likeness (QED) is 0.739. The molecule has 1 saturated carbocycles. The van der Waals surface area contributed by atoms with Gasteiger partial charge in [0.25, 0.3) is 0 Å². The topological polar surface area (TPSA) is 74.6 Å². The Balaban J connectivity index is 2.24. The van der Waals surface area contributed by atoms with Gasteiger partial charge in [0.1, 0.15) is 0 Å². The Kier molecular flexibility index (Phi) is 2.47. The molecule has 0 bridgehead atoms. The van der Waals surface area contributed by atoms with Crippen LogP contribution in [0.3, 0.4) is 0 Å². The standard InChI is InChI=1S/C11H20O4S/c1-9(2)5-10(6-9,7-12)11(13)3-4-16(14,15)8-11/h12-13H,3-8H2,1-2H3. The largest absolute Gasteiger partial charge is 0.396 e. The molecular weight excluding hydrogens is 228 g/mol. The Labute approximate surface area is 96.6 Å². The van der Waals surface area contributed by atoms with Gasteiger partial charge in [-0.05, 0) is 24.7 Å². The Morgan fingerprint density at radius 1 is 1.25 bits per heavy atom. The highest BCUT2D eigenvalue weighted by Crippen LogP contribution is 2.61. The van der Waals surface area contributed by atoms with Crippen LogP contribution in [0, 0.1) is 10.8 Å². The SMILES string of the molecule is CC1(C)CC(CO)(C2(O)CCS(=O)(=O)C2)C1. The molecule has 16 heavy (non-hydrogen) atoms. The molecule has 1 atom stereocenters. The summed E-state index contributed by atoms with van der Waals surface area (Å²) in [6, 6.07) is 0. The minimum Gasteiger partial charge on any atom is -0.396 e. The van der Waals surface area contributed by atoms with Gasteiger partial charge in [-0.2, -0.15) is 0 Å². The lowest BCUT2D eigenvalue weighted by Gasteiger charge is -2.58. The third-order valence-electron chi connectivity index (χ3n) is 4.21. The van der Waals surface area contributed by atoms with Crippen LogP contribution in [0.2, 0.25) is 0 Å². The fraction of sp³-hybridized carbons (Fsp3) is 1.00. The van der Waals surface area contributed by atoms with Gasteiger partial charge < -0.3 is 10.2 Å². The average Bonchev–Trinajstić information content (AvgIpc) is 2.37. The predicted molar refractivity (Wildman–Crippen MR) is 60.8 cm³/mol. The van der Waals surface area contributed by atoms with Gasteiger partial charge >= 0.3 is 0 Å². The zero-order valence-electron chi connectivity index (χ0n) is 9.86. The lowest BCUT2D eigenvalue weighted by atomic mass is 9.48. The highest BCUT2D eigenvalue weighted by atomic mass is 32.2. The van der Waals surface area contributed by atoms with Crippen molar-refractivity contribution in [2.75, 3.05) is 18.1 Å². The van der Waals surface area contributed by atoms with Gasteiger partial charge in [-0.15, -0.1) is 0 Å². The van der Waals surface area contributed by atoms with E-state index in [9.17, 15) is 18.6 Å². The fourth-order valence-corrected chi connectivity index (χ4v) is 5.59. The lowest BCUT2D eigenvalue weighted by molar-refractivity contribution is -0.183. The molecule has 94 valence electrons. The van der Waals surface area contributed by atoms with Crippen molar-refractivity contribution in [2.45, 2.75) is 38.7 Å². The fourth-order valence-electron chi connectivity index (χ4n) is 3.62. The van der Waals surface area contributed by atoms with Crippen molar-refractivity contribution < 1.29 is 18.6 Å². The van der Waals surface area contributed by atoms with E-state index in [2.05, 4.69) is 13.8 Å². The molecule has 0 aromatic heterocycles. The highest BCUT2D eigenvalue weighted by Gasteiger charge is 2.63. The molecule has 1 aliphatic heterocycles. The molecule has 4 nitrogen and oxygen atoms in total. The van der Waals surface area contributed by atoms with Crippen LogP contribution in [0.1, 0.15) is 33.1 Å². The Hall–Kier alpha value is -0.130. The number of aliphatic hydroxyl groups is 2. The maximum Gasteiger partial charge on any atom is 0.153 e. The van der Waals surface area contributed by atoms with Crippen molar-refractivity contribution in [2.24, 2.45) is 10.8 Å². The van der Waals surface area contributed by atoms with Crippen LogP contribution in [0.25, 0.3) is 0 Å². The van der Waals surface area contributed by atoms with Gasteiger partial charge in [-0.1, -0.05) is 13.8 Å². The van der Waals surface area contributed by atoms with E-state index in [4.69, 9.17) is 0 Å². The minimum absolute atomic E-state index is 0.0473. The first-order valence-electron chi connectivity index (χ1n) is 5.68. The van der Waals surface area contributed by atoms with E-state index in [1.807, 2.05) is 0 Å². The zero-order chi connectivity index (χ0) is 12.2. The summed E-state index contributed by atoms with van der Waals surface area (Å²) in [4.78, 5) is 0. The Morgan fingerprint density at radius 3 is 2.12 bits per heavy atom. The zero-order valence-corrected chi connectivity index (χ0v) is 10.7. The summed E-state index contributed by atoms with van der Waals surface area (Å²) in [5.74, 6) is -0.137. The smallest absolute Gasteiger partial charge is 0.153 e. The molecule has 2 aliphatic rings. The van der Waals surface area contributed by atoms with Crippen molar-refractivity contribution in [3.8, 4) is 0 Å². The van der Waals surface area contributed by atoms with E-state index in [1.54, 1.807) is 0 Å². The van der Waals surface area contributed by atoms with Crippen molar-refractivity contribution >= 4 is 9.84 Å². The Morgan fingerprint density at radius 2 is 1.81 bits per heavy atom. The molecule has 1 saturated heterocycles. The summed E-state index contributed by atoms with van der Waals surface area (Å²) in [6.07, 6.45) is 1.66. The van der Waals surface area contributed by atoms with Crippen molar-refractivity contribution in [1.29, 1.82) is 0 Å². The number of rotatable bonds is 2.